The first-order valence-electron chi connectivity index (χ1n) is 6.29. The Balaban J connectivity index is 1.74. The number of piperidine rings is 1. The number of aromatic nitrogens is 1. The normalized spacial score (nSPS) is 16.5. The lowest BCUT2D eigenvalue weighted by atomic mass is 10.1. The van der Waals surface area contributed by atoms with Gasteiger partial charge in [0.05, 0.1) is 6.10 Å². The first kappa shape index (κ1) is 13.0. The first-order valence-corrected chi connectivity index (χ1v) is 6.29. The van der Waals surface area contributed by atoms with Gasteiger partial charge in [-0.15, -0.1) is 0 Å². The molecule has 0 aromatic carbocycles. The van der Waals surface area contributed by atoms with Crippen molar-refractivity contribution in [1.82, 2.24) is 10.3 Å². The van der Waals surface area contributed by atoms with Gasteiger partial charge in [0.1, 0.15) is 12.4 Å². The molecule has 2 rings (SSSR count). The second-order valence-electron chi connectivity index (χ2n) is 4.53. The van der Waals surface area contributed by atoms with Crippen molar-refractivity contribution in [2.75, 3.05) is 25.0 Å². The Morgan fingerprint density at radius 3 is 3.06 bits per heavy atom. The number of rotatable bonds is 4. The molecule has 1 aromatic heterocycles. The van der Waals surface area contributed by atoms with Gasteiger partial charge in [-0.3, -0.25) is 4.79 Å². The maximum Gasteiger partial charge on any atom is 0.251 e. The lowest BCUT2D eigenvalue weighted by Crippen LogP contribution is -2.34. The smallest absolute Gasteiger partial charge is 0.251 e. The highest BCUT2D eigenvalue weighted by Crippen LogP contribution is 2.08. The average Bonchev–Trinajstić information content (AvgIpc) is 2.38. The van der Waals surface area contributed by atoms with Crippen LogP contribution in [0.5, 0.6) is 0 Å². The third-order valence-corrected chi connectivity index (χ3v) is 2.92. The van der Waals surface area contributed by atoms with Crippen LogP contribution in [0, 0.1) is 6.92 Å². The van der Waals surface area contributed by atoms with Crippen LogP contribution in [0.3, 0.4) is 0 Å². The zero-order valence-corrected chi connectivity index (χ0v) is 10.6. The lowest BCUT2D eigenvalue weighted by Gasteiger charge is -2.22. The van der Waals surface area contributed by atoms with Gasteiger partial charge in [0.2, 0.25) is 0 Å². The van der Waals surface area contributed by atoms with Crippen LogP contribution in [0.25, 0.3) is 0 Å². The minimum Gasteiger partial charge on any atom is -0.368 e. The highest BCUT2D eigenvalue weighted by Gasteiger charge is 2.14. The summed E-state index contributed by atoms with van der Waals surface area (Å²) >= 11 is 0. The summed E-state index contributed by atoms with van der Waals surface area (Å²) in [5.74, 6) is 0.431. The van der Waals surface area contributed by atoms with Crippen LogP contribution < -0.4 is 10.6 Å². The number of carbonyl (C=O) groups excluding carboxylic acids is 1. The maximum absolute atomic E-state index is 11.7. The van der Waals surface area contributed by atoms with Gasteiger partial charge in [-0.05, 0) is 50.6 Å². The summed E-state index contributed by atoms with van der Waals surface area (Å²) in [6, 6.07) is 3.73. The van der Waals surface area contributed by atoms with Crippen molar-refractivity contribution >= 4 is 11.7 Å². The number of carbonyl (C=O) groups is 1. The molecule has 2 N–H and O–H groups in total. The molecule has 1 aromatic rings. The molecule has 5 heteroatoms. The molecule has 0 bridgehead atoms. The third kappa shape index (κ3) is 4.09. The molecule has 0 aliphatic carbocycles. The summed E-state index contributed by atoms with van der Waals surface area (Å²) in [7, 11) is 0. The molecular weight excluding hydrogens is 230 g/mol. The van der Waals surface area contributed by atoms with Crippen molar-refractivity contribution < 1.29 is 9.53 Å². The molecule has 5 nitrogen and oxygen atoms in total. The minimum atomic E-state index is -0.147. The number of anilines is 1. The van der Waals surface area contributed by atoms with Gasteiger partial charge >= 0.3 is 0 Å². The number of nitrogens with zero attached hydrogens (tertiary/aromatic N) is 1. The number of aryl methyl sites for hydroxylation is 1. The Morgan fingerprint density at radius 1 is 1.56 bits per heavy atom. The Kier molecular flexibility index (Phi) is 4.66. The van der Waals surface area contributed by atoms with E-state index in [-0.39, 0.29) is 18.6 Å². The van der Waals surface area contributed by atoms with E-state index < -0.39 is 0 Å². The van der Waals surface area contributed by atoms with Crippen molar-refractivity contribution in [3.63, 3.8) is 0 Å². The molecule has 98 valence electrons. The molecule has 1 fully saturated rings. The van der Waals surface area contributed by atoms with Gasteiger partial charge < -0.3 is 15.4 Å². The van der Waals surface area contributed by atoms with E-state index in [4.69, 9.17) is 4.74 Å². The summed E-state index contributed by atoms with van der Waals surface area (Å²) in [5.41, 5.74) is 1.07. The topological polar surface area (TPSA) is 63.2 Å². The van der Waals surface area contributed by atoms with Gasteiger partial charge in [-0.1, -0.05) is 0 Å². The second kappa shape index (κ2) is 6.47. The van der Waals surface area contributed by atoms with Gasteiger partial charge in [0.15, 0.2) is 0 Å². The van der Waals surface area contributed by atoms with E-state index in [0.29, 0.717) is 5.82 Å². The second-order valence-corrected chi connectivity index (χ2v) is 4.53. The molecule has 0 spiro atoms. The highest BCUT2D eigenvalue weighted by molar-refractivity contribution is 5.90. The molecule has 0 unspecified atom stereocenters. The Hall–Kier alpha value is -1.46. The molecule has 18 heavy (non-hydrogen) atoms. The molecule has 0 saturated carbocycles. The summed E-state index contributed by atoms with van der Waals surface area (Å²) < 4.78 is 5.57. The molecule has 1 amide bonds. The monoisotopic (exact) mass is 249 g/mol. The number of nitrogens with one attached hydrogen (secondary N) is 2. The minimum absolute atomic E-state index is 0.0975. The molecule has 1 aliphatic rings. The van der Waals surface area contributed by atoms with Crippen LogP contribution in [0.2, 0.25) is 0 Å². The van der Waals surface area contributed by atoms with Crippen LogP contribution in [0.15, 0.2) is 18.3 Å². The number of ether oxygens (including phenoxy) is 1. The molecule has 0 atom stereocenters. The lowest BCUT2D eigenvalue weighted by molar-refractivity contribution is -0.123. The van der Waals surface area contributed by atoms with Gasteiger partial charge in [0, 0.05) is 6.20 Å². The number of amides is 1. The predicted octanol–water partition coefficient (Wildman–Crippen LogP) is 1.10. The van der Waals surface area contributed by atoms with Crippen molar-refractivity contribution in [2.45, 2.75) is 25.9 Å². The fraction of sp³-hybridized carbons (Fsp3) is 0.538. The van der Waals surface area contributed by atoms with Crippen molar-refractivity contribution in [3.05, 3.63) is 23.9 Å². The fourth-order valence-electron chi connectivity index (χ4n) is 1.94. The largest absolute Gasteiger partial charge is 0.368 e. The Morgan fingerprint density at radius 2 is 2.33 bits per heavy atom. The Bertz CT molecular complexity index is 403. The number of pyridine rings is 1. The summed E-state index contributed by atoms with van der Waals surface area (Å²) in [4.78, 5) is 15.8. The summed E-state index contributed by atoms with van der Waals surface area (Å²) in [6.07, 6.45) is 3.81. The van der Waals surface area contributed by atoms with Crippen LogP contribution >= 0.6 is 0 Å². The van der Waals surface area contributed by atoms with E-state index in [9.17, 15) is 4.79 Å². The van der Waals surface area contributed by atoms with Gasteiger partial charge in [-0.25, -0.2) is 4.98 Å². The third-order valence-electron chi connectivity index (χ3n) is 2.92. The first-order chi connectivity index (χ1) is 8.74. The molecule has 1 aliphatic heterocycles. The van der Waals surface area contributed by atoms with Crippen molar-refractivity contribution in [3.8, 4) is 0 Å². The van der Waals surface area contributed by atoms with E-state index >= 15 is 0 Å². The quantitative estimate of drug-likeness (QED) is 0.838. The maximum atomic E-state index is 11.7. The van der Waals surface area contributed by atoms with E-state index in [1.807, 2.05) is 19.1 Å². The predicted molar refractivity (Wildman–Crippen MR) is 69.4 cm³/mol. The fourth-order valence-corrected chi connectivity index (χ4v) is 1.94. The Labute approximate surface area is 107 Å². The molecule has 1 saturated heterocycles. The van der Waals surface area contributed by atoms with Crippen molar-refractivity contribution in [2.24, 2.45) is 0 Å². The molecule has 2 heterocycles. The standard InChI is InChI=1S/C13H19N3O2/c1-10-2-7-15-12(8-10)16-13(17)9-18-11-3-5-14-6-4-11/h2,7-8,11,14H,3-6,9H2,1H3,(H,15,16,17). The van der Waals surface area contributed by atoms with Crippen LogP contribution in [0.4, 0.5) is 5.82 Å². The van der Waals surface area contributed by atoms with E-state index in [0.717, 1.165) is 31.5 Å². The van der Waals surface area contributed by atoms with Crippen LogP contribution in [-0.4, -0.2) is 36.7 Å². The van der Waals surface area contributed by atoms with Crippen LogP contribution in [0.1, 0.15) is 18.4 Å². The zero-order valence-electron chi connectivity index (χ0n) is 10.6. The van der Waals surface area contributed by atoms with E-state index in [1.54, 1.807) is 6.20 Å². The average molecular weight is 249 g/mol. The van der Waals surface area contributed by atoms with Crippen LogP contribution in [-0.2, 0) is 9.53 Å². The highest BCUT2D eigenvalue weighted by atomic mass is 16.5. The summed E-state index contributed by atoms with van der Waals surface area (Å²) in [5, 5.41) is 5.99. The van der Waals surface area contributed by atoms with E-state index in [1.165, 1.54) is 0 Å². The summed E-state index contributed by atoms with van der Waals surface area (Å²) in [6.45, 7) is 3.99. The zero-order chi connectivity index (χ0) is 12.8. The SMILES string of the molecule is Cc1ccnc(NC(=O)COC2CCNCC2)c1. The molecule has 0 radical (unpaired) electrons. The van der Waals surface area contributed by atoms with Gasteiger partial charge in [0.25, 0.3) is 5.91 Å². The van der Waals surface area contributed by atoms with E-state index in [2.05, 4.69) is 15.6 Å². The molecular formula is C13H19N3O2. The van der Waals surface area contributed by atoms with Crippen molar-refractivity contribution in [1.29, 1.82) is 0 Å². The number of hydrogen-bond acceptors (Lipinski definition) is 4. The number of hydrogen-bond donors (Lipinski definition) is 2. The van der Waals surface area contributed by atoms with Gasteiger partial charge in [-0.2, -0.15) is 0 Å².